The van der Waals surface area contributed by atoms with Crippen LogP contribution in [0.5, 0.6) is 5.75 Å². The lowest BCUT2D eigenvalue weighted by Gasteiger charge is -2.24. The zero-order valence-corrected chi connectivity index (χ0v) is 15.0. The van der Waals surface area contributed by atoms with Gasteiger partial charge in [0.1, 0.15) is 5.75 Å². The van der Waals surface area contributed by atoms with E-state index in [1.165, 1.54) is 5.69 Å². The van der Waals surface area contributed by atoms with Crippen molar-refractivity contribution in [2.45, 2.75) is 25.9 Å². The van der Waals surface area contributed by atoms with Gasteiger partial charge in [0.25, 0.3) is 0 Å². The smallest absolute Gasteiger partial charge is 0.227 e. The van der Waals surface area contributed by atoms with Crippen molar-refractivity contribution in [3.8, 4) is 5.75 Å². The Balaban J connectivity index is 1.73. The molecule has 0 aliphatic carbocycles. The van der Waals surface area contributed by atoms with E-state index in [9.17, 15) is 4.79 Å². The number of carbonyl (C=O) groups is 1. The Labute approximate surface area is 149 Å². The summed E-state index contributed by atoms with van der Waals surface area (Å²) in [6, 6.07) is 11.9. The van der Waals surface area contributed by atoms with Crippen LogP contribution in [0.1, 0.15) is 17.7 Å². The molecule has 1 amide bonds. The zero-order valence-electron chi connectivity index (χ0n) is 15.0. The van der Waals surface area contributed by atoms with E-state index in [1.54, 1.807) is 14.2 Å². The molecule has 25 heavy (non-hydrogen) atoms. The summed E-state index contributed by atoms with van der Waals surface area (Å²) in [7, 11) is 3.37. The lowest BCUT2D eigenvalue weighted by atomic mass is 10.0. The number of hydrogen-bond donors (Lipinski definition) is 0. The fraction of sp³-hybridized carbons (Fsp3) is 0.450. The molecule has 1 atom stereocenters. The van der Waals surface area contributed by atoms with Crippen molar-refractivity contribution in [3.63, 3.8) is 0 Å². The number of nitrogens with zero attached hydrogens (tertiary/aromatic N) is 2. The van der Waals surface area contributed by atoms with E-state index < -0.39 is 0 Å². The van der Waals surface area contributed by atoms with Crippen molar-refractivity contribution in [2.75, 3.05) is 27.4 Å². The van der Waals surface area contributed by atoms with Crippen LogP contribution in [0.3, 0.4) is 0 Å². The van der Waals surface area contributed by atoms with Crippen LogP contribution in [0.15, 0.2) is 42.6 Å². The summed E-state index contributed by atoms with van der Waals surface area (Å²) in [5.41, 5.74) is 2.18. The monoisotopic (exact) mass is 342 g/mol. The number of carbonyl (C=O) groups excluding carboxylic acids is 1. The highest BCUT2D eigenvalue weighted by Gasteiger charge is 2.24. The molecule has 2 heterocycles. The molecule has 134 valence electrons. The molecule has 1 aliphatic heterocycles. The van der Waals surface area contributed by atoms with Gasteiger partial charge in [0.05, 0.1) is 20.1 Å². The maximum atomic E-state index is 12.9. The van der Waals surface area contributed by atoms with Gasteiger partial charge in [-0.1, -0.05) is 12.1 Å². The van der Waals surface area contributed by atoms with Gasteiger partial charge in [0.2, 0.25) is 5.91 Å². The lowest BCUT2D eigenvalue weighted by Crippen LogP contribution is -2.35. The number of amides is 1. The summed E-state index contributed by atoms with van der Waals surface area (Å²) in [6.07, 6.45) is 3.46. The first-order valence-corrected chi connectivity index (χ1v) is 8.73. The predicted molar refractivity (Wildman–Crippen MR) is 96.5 cm³/mol. The maximum Gasteiger partial charge on any atom is 0.227 e. The Hall–Kier alpha value is -2.27. The molecule has 1 aromatic carbocycles. The largest absolute Gasteiger partial charge is 0.497 e. The minimum Gasteiger partial charge on any atom is -0.497 e. The van der Waals surface area contributed by atoms with Crippen LogP contribution in [0.25, 0.3) is 0 Å². The second-order valence-corrected chi connectivity index (χ2v) is 6.60. The molecular formula is C20H26N2O3. The third-order valence-corrected chi connectivity index (χ3v) is 4.78. The number of benzene rings is 1. The molecular weight excluding hydrogens is 316 g/mol. The van der Waals surface area contributed by atoms with E-state index in [2.05, 4.69) is 22.9 Å². The predicted octanol–water partition coefficient (Wildman–Crippen LogP) is 2.73. The van der Waals surface area contributed by atoms with Crippen molar-refractivity contribution in [3.05, 3.63) is 53.9 Å². The highest BCUT2D eigenvalue weighted by molar-refractivity contribution is 5.79. The van der Waals surface area contributed by atoms with Crippen LogP contribution >= 0.6 is 0 Å². The van der Waals surface area contributed by atoms with Gasteiger partial charge in [-0.25, -0.2) is 0 Å². The fourth-order valence-electron chi connectivity index (χ4n) is 3.40. The number of methoxy groups -OCH3 is 2. The molecule has 0 bridgehead atoms. The van der Waals surface area contributed by atoms with Crippen LogP contribution in [-0.4, -0.2) is 42.7 Å². The summed E-state index contributed by atoms with van der Waals surface area (Å²) < 4.78 is 12.8. The third kappa shape index (κ3) is 4.42. The Morgan fingerprint density at radius 1 is 1.20 bits per heavy atom. The highest BCUT2D eigenvalue weighted by Crippen LogP contribution is 2.21. The van der Waals surface area contributed by atoms with Gasteiger partial charge >= 0.3 is 0 Å². The van der Waals surface area contributed by atoms with Gasteiger partial charge in [-0.2, -0.15) is 0 Å². The van der Waals surface area contributed by atoms with Crippen LogP contribution in [0.4, 0.5) is 0 Å². The average Bonchev–Trinajstić information content (AvgIpc) is 2.98. The molecule has 1 aliphatic rings. The molecule has 0 unspecified atom stereocenters. The Kier molecular flexibility index (Phi) is 5.76. The van der Waals surface area contributed by atoms with Gasteiger partial charge in [0.15, 0.2) is 0 Å². The molecule has 0 radical (unpaired) electrons. The van der Waals surface area contributed by atoms with E-state index in [0.717, 1.165) is 37.4 Å². The molecule has 5 heteroatoms. The van der Waals surface area contributed by atoms with Gasteiger partial charge < -0.3 is 18.9 Å². The van der Waals surface area contributed by atoms with Gasteiger partial charge in [-0.15, -0.1) is 0 Å². The fourth-order valence-corrected chi connectivity index (χ4v) is 3.40. The Morgan fingerprint density at radius 3 is 2.88 bits per heavy atom. The molecule has 0 saturated carbocycles. The minimum absolute atomic E-state index is 0.158. The average molecular weight is 342 g/mol. The summed E-state index contributed by atoms with van der Waals surface area (Å²) >= 11 is 0. The molecule has 0 spiro atoms. The highest BCUT2D eigenvalue weighted by atomic mass is 16.5. The molecule has 2 aromatic rings. The molecule has 5 nitrogen and oxygen atoms in total. The van der Waals surface area contributed by atoms with Crippen molar-refractivity contribution in [1.29, 1.82) is 0 Å². The number of hydrogen-bond acceptors (Lipinski definition) is 3. The quantitative estimate of drug-likeness (QED) is 0.811. The topological polar surface area (TPSA) is 43.7 Å². The summed E-state index contributed by atoms with van der Waals surface area (Å²) in [4.78, 5) is 14.9. The van der Waals surface area contributed by atoms with Crippen molar-refractivity contribution in [1.82, 2.24) is 9.47 Å². The number of ether oxygens (including phenoxy) is 2. The van der Waals surface area contributed by atoms with E-state index in [-0.39, 0.29) is 5.91 Å². The van der Waals surface area contributed by atoms with Crippen LogP contribution in [0, 0.1) is 5.92 Å². The number of aromatic nitrogens is 1. The summed E-state index contributed by atoms with van der Waals surface area (Å²) in [5, 5.41) is 0. The zero-order chi connectivity index (χ0) is 17.6. The SMILES string of the molecule is COCC[C@@H]1CN(C(=O)Cc2cccc(OC)c2)Cc2cccn2C1. The first kappa shape index (κ1) is 17.5. The Morgan fingerprint density at radius 2 is 2.08 bits per heavy atom. The van der Waals surface area contributed by atoms with Crippen molar-refractivity contribution < 1.29 is 14.3 Å². The first-order chi connectivity index (χ1) is 12.2. The molecule has 1 aromatic heterocycles. The van der Waals surface area contributed by atoms with Gasteiger partial charge in [-0.3, -0.25) is 4.79 Å². The molecule has 0 saturated heterocycles. The van der Waals surface area contributed by atoms with Crippen LogP contribution < -0.4 is 4.74 Å². The lowest BCUT2D eigenvalue weighted by molar-refractivity contribution is -0.131. The van der Waals surface area contributed by atoms with Gasteiger partial charge in [0, 0.05) is 38.7 Å². The van der Waals surface area contributed by atoms with E-state index >= 15 is 0 Å². The van der Waals surface area contributed by atoms with Crippen LogP contribution in [0.2, 0.25) is 0 Å². The van der Waals surface area contributed by atoms with Crippen molar-refractivity contribution in [2.24, 2.45) is 5.92 Å². The molecule has 3 rings (SSSR count). The third-order valence-electron chi connectivity index (χ3n) is 4.78. The van der Waals surface area contributed by atoms with Gasteiger partial charge in [-0.05, 0) is 42.2 Å². The van der Waals surface area contributed by atoms with E-state index in [0.29, 0.717) is 18.9 Å². The van der Waals surface area contributed by atoms with E-state index in [1.807, 2.05) is 29.2 Å². The normalized spacial score (nSPS) is 17.0. The summed E-state index contributed by atoms with van der Waals surface area (Å²) in [6.45, 7) is 3.10. The first-order valence-electron chi connectivity index (χ1n) is 8.73. The minimum atomic E-state index is 0.158. The second kappa shape index (κ2) is 8.21. The molecule has 0 fully saturated rings. The van der Waals surface area contributed by atoms with Crippen molar-refractivity contribution >= 4 is 5.91 Å². The number of fused-ring (bicyclic) bond motifs is 1. The Bertz CT molecular complexity index is 710. The van der Waals surface area contributed by atoms with E-state index in [4.69, 9.17) is 9.47 Å². The second-order valence-electron chi connectivity index (χ2n) is 6.60. The van der Waals surface area contributed by atoms with Crippen LogP contribution in [-0.2, 0) is 29.0 Å². The summed E-state index contributed by atoms with van der Waals surface area (Å²) in [5.74, 6) is 1.35. The maximum absolute atomic E-state index is 12.9. The number of rotatable bonds is 6. The molecule has 0 N–H and O–H groups in total. The standard InChI is InChI=1S/C20H26N2O3/c1-24-10-8-17-13-21-9-4-6-18(21)15-22(14-17)20(23)12-16-5-3-7-19(11-16)25-2/h3-7,9,11,17H,8,10,12-15H2,1-2H3/t17-/m0/s1.